The predicted octanol–water partition coefficient (Wildman–Crippen LogP) is 3.35. The second-order valence-electron chi connectivity index (χ2n) is 5.69. The van der Waals surface area contributed by atoms with Crippen molar-refractivity contribution >= 4 is 51.1 Å². The number of sulfone groups is 1. The smallest absolute Gasteiger partial charge is 0.357 e. The number of aromatic nitrogens is 1. The molecule has 12 heteroatoms. The number of aliphatic imine (C=N–C) groups is 1. The fourth-order valence-corrected chi connectivity index (χ4v) is 4.15. The number of alkyl halides is 3. The standard InChI is InChI=1S/C17H21F3N4O2S2.HI/c1-2-21-16(22-9-8-15-24-14(12-27-15)17(18,19)20)23-10-11-28(25,26)13-6-4-3-5-7-13;/h3-7,12H,2,8-11H2,1H3,(H2,21,22,23);1H. The molecule has 0 unspecified atom stereocenters. The lowest BCUT2D eigenvalue weighted by molar-refractivity contribution is -0.140. The maximum atomic E-state index is 12.6. The Morgan fingerprint density at radius 2 is 1.90 bits per heavy atom. The van der Waals surface area contributed by atoms with Gasteiger partial charge >= 0.3 is 6.18 Å². The molecule has 1 aromatic carbocycles. The van der Waals surface area contributed by atoms with Gasteiger partial charge in [0.05, 0.1) is 22.2 Å². The molecule has 0 atom stereocenters. The molecule has 162 valence electrons. The minimum Gasteiger partial charge on any atom is -0.357 e. The van der Waals surface area contributed by atoms with E-state index in [9.17, 15) is 21.6 Å². The number of nitrogens with one attached hydrogen (secondary N) is 2. The Bertz CT molecular complexity index is 888. The van der Waals surface area contributed by atoms with Crippen molar-refractivity contribution in [3.05, 3.63) is 46.4 Å². The molecule has 29 heavy (non-hydrogen) atoms. The van der Waals surface area contributed by atoms with E-state index >= 15 is 0 Å². The number of benzene rings is 1. The summed E-state index contributed by atoms with van der Waals surface area (Å²) >= 11 is 0.950. The fraction of sp³-hybridized carbons (Fsp3) is 0.412. The third kappa shape index (κ3) is 8.46. The second-order valence-corrected chi connectivity index (χ2v) is 8.75. The molecule has 0 bridgehead atoms. The molecule has 0 spiro atoms. The monoisotopic (exact) mass is 562 g/mol. The Hall–Kier alpha value is -1.41. The second kappa shape index (κ2) is 11.7. The van der Waals surface area contributed by atoms with Crippen molar-refractivity contribution in [1.82, 2.24) is 15.6 Å². The lowest BCUT2D eigenvalue weighted by atomic mass is 10.4. The van der Waals surface area contributed by atoms with Crippen LogP contribution in [0.15, 0.2) is 45.6 Å². The van der Waals surface area contributed by atoms with Crippen LogP contribution < -0.4 is 10.6 Å². The molecule has 2 rings (SSSR count). The molecule has 0 saturated heterocycles. The van der Waals surface area contributed by atoms with Crippen molar-refractivity contribution in [2.24, 2.45) is 4.99 Å². The lowest BCUT2D eigenvalue weighted by Gasteiger charge is -2.10. The summed E-state index contributed by atoms with van der Waals surface area (Å²) in [5.41, 5.74) is -0.890. The van der Waals surface area contributed by atoms with Gasteiger partial charge in [-0.25, -0.2) is 13.4 Å². The molecule has 0 aliphatic heterocycles. The summed E-state index contributed by atoms with van der Waals surface area (Å²) in [5.74, 6) is 0.257. The first-order valence-corrected chi connectivity index (χ1v) is 11.1. The zero-order valence-corrected chi connectivity index (χ0v) is 19.5. The first-order chi connectivity index (χ1) is 13.2. The summed E-state index contributed by atoms with van der Waals surface area (Å²) in [6, 6.07) is 8.12. The van der Waals surface area contributed by atoms with Crippen molar-refractivity contribution < 1.29 is 21.6 Å². The van der Waals surface area contributed by atoms with E-state index < -0.39 is 21.7 Å². The van der Waals surface area contributed by atoms with Gasteiger partial charge in [-0.3, -0.25) is 4.99 Å². The van der Waals surface area contributed by atoms with Gasteiger partial charge in [0, 0.05) is 24.9 Å². The molecular formula is C17H22F3IN4O2S2. The van der Waals surface area contributed by atoms with E-state index in [1.54, 1.807) is 18.2 Å². The van der Waals surface area contributed by atoms with Crippen molar-refractivity contribution in [3.63, 3.8) is 0 Å². The molecule has 0 fully saturated rings. The summed E-state index contributed by atoms with van der Waals surface area (Å²) in [6.07, 6.45) is -4.14. The van der Waals surface area contributed by atoms with Gasteiger partial charge in [-0.2, -0.15) is 13.2 Å². The quantitative estimate of drug-likeness (QED) is 0.293. The summed E-state index contributed by atoms with van der Waals surface area (Å²) < 4.78 is 62.2. The van der Waals surface area contributed by atoms with E-state index in [4.69, 9.17) is 0 Å². The average Bonchev–Trinajstić information content (AvgIpc) is 3.12. The van der Waals surface area contributed by atoms with Crippen LogP contribution in [-0.4, -0.2) is 44.7 Å². The normalized spacial score (nSPS) is 12.3. The highest BCUT2D eigenvalue weighted by Gasteiger charge is 2.33. The van der Waals surface area contributed by atoms with E-state index in [2.05, 4.69) is 20.6 Å². The molecule has 6 nitrogen and oxygen atoms in total. The highest BCUT2D eigenvalue weighted by Crippen LogP contribution is 2.29. The summed E-state index contributed by atoms with van der Waals surface area (Å²) in [5, 5.41) is 7.30. The van der Waals surface area contributed by atoms with Gasteiger partial charge in [-0.05, 0) is 19.1 Å². The zero-order valence-electron chi connectivity index (χ0n) is 15.6. The van der Waals surface area contributed by atoms with Gasteiger partial charge < -0.3 is 10.6 Å². The number of guanidine groups is 1. The Morgan fingerprint density at radius 3 is 2.48 bits per heavy atom. The highest BCUT2D eigenvalue weighted by molar-refractivity contribution is 14.0. The van der Waals surface area contributed by atoms with Crippen molar-refractivity contribution in [2.75, 3.05) is 25.4 Å². The summed E-state index contributed by atoms with van der Waals surface area (Å²) in [6.45, 7) is 2.80. The van der Waals surface area contributed by atoms with E-state index in [1.807, 2.05) is 6.92 Å². The van der Waals surface area contributed by atoms with Crippen LogP contribution in [0.5, 0.6) is 0 Å². The maximum Gasteiger partial charge on any atom is 0.434 e. The van der Waals surface area contributed by atoms with E-state index in [0.29, 0.717) is 30.5 Å². The molecule has 2 aromatic rings. The number of nitrogens with zero attached hydrogens (tertiary/aromatic N) is 2. The van der Waals surface area contributed by atoms with Crippen LogP contribution in [0.2, 0.25) is 0 Å². The minimum absolute atomic E-state index is 0. The van der Waals surface area contributed by atoms with Crippen LogP contribution in [0.4, 0.5) is 13.2 Å². The molecular weight excluding hydrogens is 540 g/mol. The first kappa shape index (κ1) is 25.6. The number of hydrogen-bond donors (Lipinski definition) is 2. The lowest BCUT2D eigenvalue weighted by Crippen LogP contribution is -2.38. The van der Waals surface area contributed by atoms with E-state index in [-0.39, 0.29) is 41.2 Å². The van der Waals surface area contributed by atoms with E-state index in [1.165, 1.54) is 12.1 Å². The van der Waals surface area contributed by atoms with Crippen molar-refractivity contribution in [1.29, 1.82) is 0 Å². The van der Waals surface area contributed by atoms with Crippen molar-refractivity contribution in [3.8, 4) is 0 Å². The third-order valence-electron chi connectivity index (χ3n) is 3.55. The maximum absolute atomic E-state index is 12.6. The van der Waals surface area contributed by atoms with Gasteiger partial charge in [0.2, 0.25) is 0 Å². The number of hydrogen-bond acceptors (Lipinski definition) is 5. The average molecular weight is 562 g/mol. The Labute approximate surface area is 189 Å². The van der Waals surface area contributed by atoms with Gasteiger partial charge in [0.1, 0.15) is 0 Å². The molecule has 0 radical (unpaired) electrons. The summed E-state index contributed by atoms with van der Waals surface area (Å²) in [4.78, 5) is 8.03. The Balaban J connectivity index is 0.00000420. The molecule has 0 aliphatic carbocycles. The molecule has 0 aliphatic rings. The van der Waals surface area contributed by atoms with Crippen LogP contribution in [-0.2, 0) is 22.4 Å². The largest absolute Gasteiger partial charge is 0.434 e. The fourth-order valence-electron chi connectivity index (χ4n) is 2.21. The van der Waals surface area contributed by atoms with Gasteiger partial charge in [-0.1, -0.05) is 18.2 Å². The van der Waals surface area contributed by atoms with Gasteiger partial charge in [0.15, 0.2) is 21.5 Å². The minimum atomic E-state index is -4.44. The number of rotatable bonds is 8. The molecule has 1 heterocycles. The van der Waals surface area contributed by atoms with E-state index in [0.717, 1.165) is 16.7 Å². The topological polar surface area (TPSA) is 83.5 Å². The predicted molar refractivity (Wildman–Crippen MR) is 119 cm³/mol. The van der Waals surface area contributed by atoms with Gasteiger partial charge in [0.25, 0.3) is 0 Å². The highest BCUT2D eigenvalue weighted by atomic mass is 127. The Kier molecular flexibility index (Phi) is 10.3. The Morgan fingerprint density at radius 1 is 1.21 bits per heavy atom. The first-order valence-electron chi connectivity index (χ1n) is 8.54. The van der Waals surface area contributed by atoms with Crippen LogP contribution >= 0.6 is 35.3 Å². The molecule has 1 aromatic heterocycles. The van der Waals surface area contributed by atoms with Crippen LogP contribution in [0.1, 0.15) is 17.6 Å². The van der Waals surface area contributed by atoms with Crippen LogP contribution in [0.25, 0.3) is 0 Å². The number of halogens is 4. The van der Waals surface area contributed by atoms with Crippen LogP contribution in [0, 0.1) is 0 Å². The zero-order chi connectivity index (χ0) is 20.6. The van der Waals surface area contributed by atoms with Crippen LogP contribution in [0.3, 0.4) is 0 Å². The summed E-state index contributed by atoms with van der Waals surface area (Å²) in [7, 11) is -3.42. The molecule has 0 amide bonds. The van der Waals surface area contributed by atoms with Gasteiger partial charge in [-0.15, -0.1) is 35.3 Å². The third-order valence-corrected chi connectivity index (χ3v) is 6.17. The SMILES string of the molecule is CCNC(=NCCS(=O)(=O)c1ccccc1)NCCc1nc(C(F)(F)F)cs1.I. The molecule has 0 saturated carbocycles. The number of thiazole rings is 1. The van der Waals surface area contributed by atoms with Crippen molar-refractivity contribution in [2.45, 2.75) is 24.4 Å². The molecule has 2 N–H and O–H groups in total.